The van der Waals surface area contributed by atoms with Gasteiger partial charge in [0.2, 0.25) is 5.95 Å². The van der Waals surface area contributed by atoms with Crippen molar-refractivity contribution < 1.29 is 9.18 Å². The van der Waals surface area contributed by atoms with Crippen LogP contribution >= 0.6 is 0 Å². The van der Waals surface area contributed by atoms with Crippen molar-refractivity contribution in [1.29, 1.82) is 0 Å². The minimum atomic E-state index is -0.246. The number of carbonyl (C=O) groups is 1. The van der Waals surface area contributed by atoms with Crippen LogP contribution in [0.25, 0.3) is 0 Å². The molecule has 0 bridgehead atoms. The maximum Gasteiger partial charge on any atom is 0.229 e. The molecule has 3 rings (SSSR count). The van der Waals surface area contributed by atoms with Crippen molar-refractivity contribution in [3.63, 3.8) is 0 Å². The van der Waals surface area contributed by atoms with E-state index >= 15 is 0 Å². The zero-order chi connectivity index (χ0) is 16.9. The molecule has 0 aliphatic rings. The Hall–Kier alpha value is -3.28. The molecule has 0 radical (unpaired) electrons. The second-order valence-corrected chi connectivity index (χ2v) is 5.22. The lowest BCUT2D eigenvalue weighted by Gasteiger charge is -2.09. The van der Waals surface area contributed by atoms with E-state index in [4.69, 9.17) is 0 Å². The van der Waals surface area contributed by atoms with Crippen molar-refractivity contribution in [2.75, 3.05) is 10.6 Å². The van der Waals surface area contributed by atoms with Gasteiger partial charge in [-0.25, -0.2) is 9.37 Å². The first-order chi connectivity index (χ1) is 11.6. The van der Waals surface area contributed by atoms with Crippen molar-refractivity contribution in [2.24, 2.45) is 0 Å². The van der Waals surface area contributed by atoms with Gasteiger partial charge in [0.1, 0.15) is 17.9 Å². The molecule has 2 aromatic carbocycles. The van der Waals surface area contributed by atoms with Gasteiger partial charge in [0.05, 0.1) is 0 Å². The molecule has 0 aliphatic carbocycles. The van der Waals surface area contributed by atoms with Gasteiger partial charge in [-0.1, -0.05) is 0 Å². The highest BCUT2D eigenvalue weighted by Crippen LogP contribution is 2.19. The highest BCUT2D eigenvalue weighted by atomic mass is 19.1. The van der Waals surface area contributed by atoms with Crippen LogP contribution in [0.4, 0.5) is 27.5 Å². The van der Waals surface area contributed by atoms with E-state index in [-0.39, 0.29) is 5.82 Å². The third-order valence-electron chi connectivity index (χ3n) is 3.39. The minimum Gasteiger partial charge on any atom is -0.340 e. The number of hydrogen-bond donors (Lipinski definition) is 2. The molecule has 6 heteroatoms. The van der Waals surface area contributed by atoms with E-state index in [0.717, 1.165) is 17.7 Å². The molecule has 0 saturated carbocycles. The SMILES string of the molecule is Cc1cc(Nc2ccnc(Nc3ccc(C=O)cc3)n2)ccc1F. The van der Waals surface area contributed by atoms with Crippen molar-refractivity contribution in [1.82, 2.24) is 9.97 Å². The minimum absolute atomic E-state index is 0.246. The van der Waals surface area contributed by atoms with Gasteiger partial charge < -0.3 is 10.6 Å². The van der Waals surface area contributed by atoms with Crippen LogP contribution in [-0.2, 0) is 0 Å². The summed E-state index contributed by atoms with van der Waals surface area (Å²) in [5.41, 5.74) is 2.68. The van der Waals surface area contributed by atoms with Crippen molar-refractivity contribution in [3.05, 3.63) is 71.7 Å². The number of nitrogens with zero attached hydrogens (tertiary/aromatic N) is 2. The van der Waals surface area contributed by atoms with Crippen LogP contribution in [0.5, 0.6) is 0 Å². The van der Waals surface area contributed by atoms with Gasteiger partial charge in [-0.05, 0) is 61.0 Å². The summed E-state index contributed by atoms with van der Waals surface area (Å²) in [6.45, 7) is 1.70. The molecule has 24 heavy (non-hydrogen) atoms. The fourth-order valence-electron chi connectivity index (χ4n) is 2.13. The maximum atomic E-state index is 13.3. The van der Waals surface area contributed by atoms with Gasteiger partial charge in [-0.3, -0.25) is 4.79 Å². The van der Waals surface area contributed by atoms with Gasteiger partial charge in [0, 0.05) is 23.1 Å². The largest absolute Gasteiger partial charge is 0.340 e. The van der Waals surface area contributed by atoms with Crippen LogP contribution in [-0.4, -0.2) is 16.3 Å². The van der Waals surface area contributed by atoms with Crippen LogP contribution in [0, 0.1) is 12.7 Å². The molecular weight excluding hydrogens is 307 g/mol. The van der Waals surface area contributed by atoms with E-state index in [1.165, 1.54) is 6.07 Å². The lowest BCUT2D eigenvalue weighted by Crippen LogP contribution is -2.00. The van der Waals surface area contributed by atoms with Gasteiger partial charge >= 0.3 is 0 Å². The van der Waals surface area contributed by atoms with E-state index in [0.29, 0.717) is 22.9 Å². The zero-order valence-electron chi connectivity index (χ0n) is 13.0. The van der Waals surface area contributed by atoms with Gasteiger partial charge in [-0.2, -0.15) is 4.98 Å². The van der Waals surface area contributed by atoms with Gasteiger partial charge in [0.15, 0.2) is 0 Å². The standard InChI is InChI=1S/C18H15FN4O/c1-12-10-15(6-7-16(12)19)21-17-8-9-20-18(23-17)22-14-4-2-13(11-24)3-5-14/h2-11H,1H3,(H2,20,21,22,23). The Labute approximate surface area is 138 Å². The summed E-state index contributed by atoms with van der Waals surface area (Å²) in [6, 6.07) is 13.5. The molecule has 0 saturated heterocycles. The van der Waals surface area contributed by atoms with Gasteiger partial charge in [-0.15, -0.1) is 0 Å². The molecule has 0 spiro atoms. The average molecular weight is 322 g/mol. The summed E-state index contributed by atoms with van der Waals surface area (Å²) >= 11 is 0. The Bertz CT molecular complexity index is 865. The molecule has 0 atom stereocenters. The summed E-state index contributed by atoms with van der Waals surface area (Å²) in [6.07, 6.45) is 2.41. The first-order valence-electron chi connectivity index (χ1n) is 7.32. The molecule has 2 N–H and O–H groups in total. The number of rotatable bonds is 5. The number of benzene rings is 2. The fraction of sp³-hybridized carbons (Fsp3) is 0.0556. The first kappa shape index (κ1) is 15.6. The third-order valence-corrected chi connectivity index (χ3v) is 3.39. The monoisotopic (exact) mass is 322 g/mol. The highest BCUT2D eigenvalue weighted by Gasteiger charge is 2.03. The Kier molecular flexibility index (Phi) is 4.47. The number of aromatic nitrogens is 2. The lowest BCUT2D eigenvalue weighted by molar-refractivity contribution is 0.112. The van der Waals surface area contributed by atoms with Crippen molar-refractivity contribution >= 4 is 29.4 Å². The molecule has 1 aromatic heterocycles. The maximum absolute atomic E-state index is 13.3. The van der Waals surface area contributed by atoms with E-state index in [1.54, 1.807) is 55.6 Å². The van der Waals surface area contributed by atoms with E-state index in [1.807, 2.05) is 0 Å². The van der Waals surface area contributed by atoms with Crippen LogP contribution in [0.2, 0.25) is 0 Å². The Morgan fingerprint density at radius 1 is 1.00 bits per heavy atom. The molecule has 3 aromatic rings. The normalized spacial score (nSPS) is 10.2. The summed E-state index contributed by atoms with van der Waals surface area (Å²) in [5, 5.41) is 6.18. The summed E-state index contributed by atoms with van der Waals surface area (Å²) in [5.74, 6) is 0.755. The molecule has 0 fully saturated rings. The Morgan fingerprint density at radius 2 is 1.75 bits per heavy atom. The zero-order valence-corrected chi connectivity index (χ0v) is 13.0. The molecular formula is C18H15FN4O. The highest BCUT2D eigenvalue weighted by molar-refractivity contribution is 5.76. The predicted octanol–water partition coefficient (Wildman–Crippen LogP) is 4.22. The van der Waals surface area contributed by atoms with Crippen LogP contribution in [0.3, 0.4) is 0 Å². The topological polar surface area (TPSA) is 66.9 Å². The number of halogens is 1. The summed E-state index contributed by atoms with van der Waals surface area (Å²) < 4.78 is 13.3. The van der Waals surface area contributed by atoms with E-state index in [2.05, 4.69) is 20.6 Å². The lowest BCUT2D eigenvalue weighted by atomic mass is 10.2. The second kappa shape index (κ2) is 6.87. The predicted molar refractivity (Wildman–Crippen MR) is 91.6 cm³/mol. The fourth-order valence-corrected chi connectivity index (χ4v) is 2.13. The number of nitrogens with one attached hydrogen (secondary N) is 2. The van der Waals surface area contributed by atoms with Gasteiger partial charge in [0.25, 0.3) is 0 Å². The number of carbonyl (C=O) groups excluding carboxylic acids is 1. The molecule has 0 unspecified atom stereocenters. The Balaban J connectivity index is 1.75. The summed E-state index contributed by atoms with van der Waals surface area (Å²) in [7, 11) is 0. The van der Waals surface area contributed by atoms with Crippen molar-refractivity contribution in [2.45, 2.75) is 6.92 Å². The van der Waals surface area contributed by atoms with E-state index < -0.39 is 0 Å². The molecule has 5 nitrogen and oxygen atoms in total. The van der Waals surface area contributed by atoms with E-state index in [9.17, 15) is 9.18 Å². The molecule has 0 aliphatic heterocycles. The number of aryl methyl sites for hydroxylation is 1. The number of hydrogen-bond acceptors (Lipinski definition) is 5. The number of aldehydes is 1. The number of anilines is 4. The second-order valence-electron chi connectivity index (χ2n) is 5.22. The molecule has 0 amide bonds. The average Bonchev–Trinajstić information content (AvgIpc) is 2.59. The summed E-state index contributed by atoms with van der Waals surface area (Å²) in [4.78, 5) is 19.2. The third kappa shape index (κ3) is 3.73. The van der Waals surface area contributed by atoms with Crippen molar-refractivity contribution in [3.8, 4) is 0 Å². The Morgan fingerprint density at radius 3 is 2.46 bits per heavy atom. The molecule has 120 valence electrons. The first-order valence-corrected chi connectivity index (χ1v) is 7.32. The smallest absolute Gasteiger partial charge is 0.229 e. The van der Waals surface area contributed by atoms with Crippen LogP contribution in [0.15, 0.2) is 54.7 Å². The quantitative estimate of drug-likeness (QED) is 0.688. The molecule has 1 heterocycles. The van der Waals surface area contributed by atoms with Crippen LogP contribution < -0.4 is 10.6 Å². The van der Waals surface area contributed by atoms with Crippen LogP contribution in [0.1, 0.15) is 15.9 Å².